The van der Waals surface area contributed by atoms with E-state index >= 15 is 0 Å². The normalized spacial score (nSPS) is 10.2. The quantitative estimate of drug-likeness (QED) is 0.696. The van der Waals surface area contributed by atoms with E-state index in [9.17, 15) is 0 Å². The Hall–Kier alpha value is -1.57. The van der Waals surface area contributed by atoms with Crippen LogP contribution in [0.5, 0.6) is 5.75 Å². The Labute approximate surface area is 77.2 Å². The fourth-order valence-corrected chi connectivity index (χ4v) is 1.35. The van der Waals surface area contributed by atoms with Gasteiger partial charge in [0.15, 0.2) is 0 Å². The lowest BCUT2D eigenvalue weighted by atomic mass is 10.2. The zero-order valence-corrected chi connectivity index (χ0v) is 7.53. The average molecular weight is 173 g/mol. The van der Waals surface area contributed by atoms with Crippen LogP contribution >= 0.6 is 0 Å². The molecule has 13 heavy (non-hydrogen) atoms. The van der Waals surface area contributed by atoms with Gasteiger partial charge in [-0.2, -0.15) is 0 Å². The van der Waals surface area contributed by atoms with Gasteiger partial charge in [0.25, 0.3) is 0 Å². The topological polar surface area (TPSA) is 22.1 Å². The van der Waals surface area contributed by atoms with E-state index in [4.69, 9.17) is 4.74 Å². The number of benzene rings is 1. The van der Waals surface area contributed by atoms with Crippen molar-refractivity contribution in [2.75, 3.05) is 6.61 Å². The van der Waals surface area contributed by atoms with E-state index in [-0.39, 0.29) is 0 Å². The van der Waals surface area contributed by atoms with E-state index < -0.39 is 0 Å². The molecule has 2 nitrogen and oxygen atoms in total. The van der Waals surface area contributed by atoms with Crippen molar-refractivity contribution in [2.24, 2.45) is 0 Å². The molecule has 0 fully saturated rings. The Morgan fingerprint density at radius 3 is 2.92 bits per heavy atom. The standard InChI is InChI=1S/C11H11NO/c1-2-13-11-7-8-12-10-6-4-3-5-9(10)11/h3-8H,2H2,1H3. The largest absolute Gasteiger partial charge is 0.493 e. The van der Waals surface area contributed by atoms with Gasteiger partial charge >= 0.3 is 0 Å². The van der Waals surface area contributed by atoms with E-state index in [0.29, 0.717) is 6.61 Å². The zero-order valence-electron chi connectivity index (χ0n) is 7.53. The van der Waals surface area contributed by atoms with Gasteiger partial charge < -0.3 is 4.74 Å². The number of hydrogen-bond acceptors (Lipinski definition) is 2. The number of pyridine rings is 1. The van der Waals surface area contributed by atoms with Crippen molar-refractivity contribution in [3.8, 4) is 5.75 Å². The van der Waals surface area contributed by atoms with Crippen LogP contribution < -0.4 is 4.74 Å². The molecule has 0 amide bonds. The first-order valence-electron chi connectivity index (χ1n) is 4.38. The van der Waals surface area contributed by atoms with E-state index in [1.54, 1.807) is 6.20 Å². The molecule has 0 aliphatic carbocycles. The van der Waals surface area contributed by atoms with Crippen LogP contribution in [0.1, 0.15) is 6.92 Å². The lowest BCUT2D eigenvalue weighted by Gasteiger charge is -2.05. The minimum atomic E-state index is 0.688. The van der Waals surface area contributed by atoms with Crippen LogP contribution in [0, 0.1) is 0 Å². The number of ether oxygens (including phenoxy) is 1. The molecule has 0 aliphatic heterocycles. The zero-order chi connectivity index (χ0) is 9.10. The molecule has 2 heteroatoms. The molecule has 1 aromatic heterocycles. The van der Waals surface area contributed by atoms with Crippen molar-refractivity contribution in [1.82, 2.24) is 4.98 Å². The summed E-state index contributed by atoms with van der Waals surface area (Å²) in [5.74, 6) is 0.910. The molecule has 1 aromatic carbocycles. The molecule has 0 N–H and O–H groups in total. The number of aromatic nitrogens is 1. The fourth-order valence-electron chi connectivity index (χ4n) is 1.35. The molecule has 0 saturated heterocycles. The van der Waals surface area contributed by atoms with Gasteiger partial charge in [-0.15, -0.1) is 0 Å². The molecule has 0 aliphatic rings. The highest BCUT2D eigenvalue weighted by Gasteiger charge is 1.99. The highest BCUT2D eigenvalue weighted by Crippen LogP contribution is 2.22. The van der Waals surface area contributed by atoms with Crippen molar-refractivity contribution in [2.45, 2.75) is 6.92 Å². The summed E-state index contributed by atoms with van der Waals surface area (Å²) in [6, 6.07) is 9.87. The van der Waals surface area contributed by atoms with Gasteiger partial charge in [-0.1, -0.05) is 12.1 Å². The maximum Gasteiger partial charge on any atom is 0.130 e. The fraction of sp³-hybridized carbons (Fsp3) is 0.182. The maximum absolute atomic E-state index is 5.48. The number of rotatable bonds is 2. The van der Waals surface area contributed by atoms with E-state index in [1.807, 2.05) is 37.3 Å². The van der Waals surface area contributed by atoms with E-state index in [1.165, 1.54) is 0 Å². The first kappa shape index (κ1) is 8.05. The Balaban J connectivity index is 2.61. The summed E-state index contributed by atoms with van der Waals surface area (Å²) in [6.45, 7) is 2.67. The number of para-hydroxylation sites is 1. The number of hydrogen-bond donors (Lipinski definition) is 0. The van der Waals surface area contributed by atoms with Crippen LogP contribution in [0.3, 0.4) is 0 Å². The Kier molecular flexibility index (Phi) is 2.13. The average Bonchev–Trinajstić information content (AvgIpc) is 2.19. The summed E-state index contributed by atoms with van der Waals surface area (Å²) in [4.78, 5) is 4.24. The van der Waals surface area contributed by atoms with Gasteiger partial charge in [-0.3, -0.25) is 4.98 Å². The number of fused-ring (bicyclic) bond motifs is 1. The van der Waals surface area contributed by atoms with Crippen LogP contribution in [0.15, 0.2) is 36.5 Å². The number of nitrogens with zero attached hydrogens (tertiary/aromatic N) is 1. The molecule has 2 rings (SSSR count). The molecule has 0 spiro atoms. The lowest BCUT2D eigenvalue weighted by Crippen LogP contribution is -1.92. The highest BCUT2D eigenvalue weighted by molar-refractivity contribution is 5.84. The predicted octanol–water partition coefficient (Wildman–Crippen LogP) is 2.63. The summed E-state index contributed by atoms with van der Waals surface area (Å²) in [5, 5.41) is 1.08. The lowest BCUT2D eigenvalue weighted by molar-refractivity contribution is 0.344. The first-order chi connectivity index (χ1) is 6.42. The Bertz CT molecular complexity index is 406. The predicted molar refractivity (Wildman–Crippen MR) is 52.9 cm³/mol. The Morgan fingerprint density at radius 2 is 2.08 bits per heavy atom. The van der Waals surface area contributed by atoms with Crippen LogP contribution in [-0.2, 0) is 0 Å². The van der Waals surface area contributed by atoms with Gasteiger partial charge in [-0.05, 0) is 25.1 Å². The smallest absolute Gasteiger partial charge is 0.130 e. The monoisotopic (exact) mass is 173 g/mol. The Morgan fingerprint density at radius 1 is 1.23 bits per heavy atom. The second-order valence-corrected chi connectivity index (χ2v) is 2.76. The van der Waals surface area contributed by atoms with Gasteiger partial charge in [-0.25, -0.2) is 0 Å². The molecule has 1 heterocycles. The molecular formula is C11H11NO. The summed E-state index contributed by atoms with van der Waals surface area (Å²) in [6.07, 6.45) is 1.77. The second-order valence-electron chi connectivity index (χ2n) is 2.76. The summed E-state index contributed by atoms with van der Waals surface area (Å²) in [5.41, 5.74) is 0.980. The van der Waals surface area contributed by atoms with Crippen molar-refractivity contribution in [3.63, 3.8) is 0 Å². The minimum absolute atomic E-state index is 0.688. The minimum Gasteiger partial charge on any atom is -0.493 e. The van der Waals surface area contributed by atoms with Crippen molar-refractivity contribution < 1.29 is 4.74 Å². The molecule has 0 atom stereocenters. The molecule has 0 radical (unpaired) electrons. The third kappa shape index (κ3) is 1.47. The highest BCUT2D eigenvalue weighted by atomic mass is 16.5. The van der Waals surface area contributed by atoms with Gasteiger partial charge in [0, 0.05) is 11.6 Å². The van der Waals surface area contributed by atoms with Crippen LogP contribution in [0.25, 0.3) is 10.9 Å². The first-order valence-corrected chi connectivity index (χ1v) is 4.38. The molecule has 0 saturated carbocycles. The van der Waals surface area contributed by atoms with E-state index in [2.05, 4.69) is 4.98 Å². The molecule has 0 bridgehead atoms. The molecule has 66 valence electrons. The maximum atomic E-state index is 5.48. The summed E-state index contributed by atoms with van der Waals surface area (Å²) in [7, 11) is 0. The third-order valence-corrected chi connectivity index (χ3v) is 1.91. The van der Waals surface area contributed by atoms with Gasteiger partial charge in [0.05, 0.1) is 12.1 Å². The van der Waals surface area contributed by atoms with E-state index in [0.717, 1.165) is 16.7 Å². The third-order valence-electron chi connectivity index (χ3n) is 1.91. The summed E-state index contributed by atoms with van der Waals surface area (Å²) < 4.78 is 5.48. The van der Waals surface area contributed by atoms with Crippen LogP contribution in [0.4, 0.5) is 0 Å². The van der Waals surface area contributed by atoms with Crippen LogP contribution in [-0.4, -0.2) is 11.6 Å². The van der Waals surface area contributed by atoms with Crippen LogP contribution in [0.2, 0.25) is 0 Å². The van der Waals surface area contributed by atoms with Gasteiger partial charge in [0.1, 0.15) is 5.75 Å². The molecular weight excluding hydrogens is 162 g/mol. The van der Waals surface area contributed by atoms with Gasteiger partial charge in [0.2, 0.25) is 0 Å². The summed E-state index contributed by atoms with van der Waals surface area (Å²) >= 11 is 0. The van der Waals surface area contributed by atoms with Crippen molar-refractivity contribution in [3.05, 3.63) is 36.5 Å². The van der Waals surface area contributed by atoms with Crippen molar-refractivity contribution in [1.29, 1.82) is 0 Å². The molecule has 0 unspecified atom stereocenters. The molecule has 2 aromatic rings. The SMILES string of the molecule is CCOc1ccnc2ccccc12. The van der Waals surface area contributed by atoms with Crippen molar-refractivity contribution >= 4 is 10.9 Å². The second kappa shape index (κ2) is 3.44.